The van der Waals surface area contributed by atoms with Crippen molar-refractivity contribution in [3.63, 3.8) is 0 Å². The van der Waals surface area contributed by atoms with Crippen molar-refractivity contribution in [1.29, 1.82) is 0 Å². The molecule has 2 N–H and O–H groups in total. The molecule has 0 spiro atoms. The van der Waals surface area contributed by atoms with Crippen LogP contribution in [0.4, 0.5) is 0 Å². The molecule has 1 unspecified atom stereocenters. The van der Waals surface area contributed by atoms with Gasteiger partial charge in [-0.05, 0) is 25.8 Å². The molecule has 0 aromatic carbocycles. The summed E-state index contributed by atoms with van der Waals surface area (Å²) in [5, 5.41) is 15.5. The maximum atomic E-state index is 11.9. The summed E-state index contributed by atoms with van der Waals surface area (Å²) < 4.78 is 1.50. The SMILES string of the molecule is Cc1ccnc2nc(C(=O)NCCCC(C)C(=O)O)nn12. The van der Waals surface area contributed by atoms with Crippen molar-refractivity contribution < 1.29 is 14.7 Å². The van der Waals surface area contributed by atoms with Crippen molar-refractivity contribution in [2.24, 2.45) is 5.92 Å². The number of amides is 1. The zero-order valence-electron chi connectivity index (χ0n) is 11.9. The van der Waals surface area contributed by atoms with Crippen molar-refractivity contribution >= 4 is 17.7 Å². The normalized spacial score (nSPS) is 12.3. The zero-order valence-corrected chi connectivity index (χ0v) is 11.9. The minimum absolute atomic E-state index is 0.0584. The molecule has 0 fully saturated rings. The van der Waals surface area contributed by atoms with Crippen LogP contribution in [0.25, 0.3) is 5.78 Å². The number of hydrogen-bond acceptors (Lipinski definition) is 5. The number of hydrogen-bond donors (Lipinski definition) is 2. The van der Waals surface area contributed by atoms with Gasteiger partial charge in [-0.25, -0.2) is 9.50 Å². The Morgan fingerprint density at radius 3 is 2.90 bits per heavy atom. The van der Waals surface area contributed by atoms with Crippen LogP contribution in [0.15, 0.2) is 12.3 Å². The number of carboxylic acids is 1. The molecule has 1 atom stereocenters. The molecule has 0 saturated heterocycles. The second-order valence-electron chi connectivity index (χ2n) is 4.87. The number of carbonyl (C=O) groups excluding carboxylic acids is 1. The summed E-state index contributed by atoms with van der Waals surface area (Å²) >= 11 is 0. The summed E-state index contributed by atoms with van der Waals surface area (Å²) in [7, 11) is 0. The summed E-state index contributed by atoms with van der Waals surface area (Å²) in [6.45, 7) is 3.87. The van der Waals surface area contributed by atoms with Gasteiger partial charge in [-0.3, -0.25) is 9.59 Å². The molecular weight excluding hydrogens is 274 g/mol. The van der Waals surface area contributed by atoms with Gasteiger partial charge in [0.15, 0.2) is 0 Å². The average molecular weight is 291 g/mol. The summed E-state index contributed by atoms with van der Waals surface area (Å²) in [6, 6.07) is 1.77. The van der Waals surface area contributed by atoms with E-state index in [0.29, 0.717) is 25.2 Å². The molecule has 8 heteroatoms. The summed E-state index contributed by atoms with van der Waals surface area (Å²) in [5.41, 5.74) is 0.835. The van der Waals surface area contributed by atoms with Gasteiger partial charge in [-0.2, -0.15) is 4.98 Å². The zero-order chi connectivity index (χ0) is 15.4. The van der Waals surface area contributed by atoms with Gasteiger partial charge in [0, 0.05) is 18.4 Å². The number of fused-ring (bicyclic) bond motifs is 1. The number of carboxylic acid groups (broad SMARTS) is 1. The molecule has 21 heavy (non-hydrogen) atoms. The molecule has 112 valence electrons. The Morgan fingerprint density at radius 1 is 1.48 bits per heavy atom. The van der Waals surface area contributed by atoms with Crippen LogP contribution >= 0.6 is 0 Å². The van der Waals surface area contributed by atoms with Crippen LogP contribution in [0.3, 0.4) is 0 Å². The van der Waals surface area contributed by atoms with Crippen LogP contribution < -0.4 is 5.32 Å². The third-order valence-corrected chi connectivity index (χ3v) is 3.15. The lowest BCUT2D eigenvalue weighted by Gasteiger charge is -2.05. The molecule has 0 aliphatic rings. The highest BCUT2D eigenvalue weighted by Crippen LogP contribution is 2.05. The van der Waals surface area contributed by atoms with Gasteiger partial charge < -0.3 is 10.4 Å². The number of nitrogens with zero attached hydrogens (tertiary/aromatic N) is 4. The number of nitrogens with one attached hydrogen (secondary N) is 1. The summed E-state index contributed by atoms with van der Waals surface area (Å²) in [5.74, 6) is -1.20. The van der Waals surface area contributed by atoms with Crippen LogP contribution in [-0.2, 0) is 4.79 Å². The van der Waals surface area contributed by atoms with E-state index in [2.05, 4.69) is 20.4 Å². The lowest BCUT2D eigenvalue weighted by atomic mass is 10.1. The monoisotopic (exact) mass is 291 g/mol. The molecule has 1 amide bonds. The highest BCUT2D eigenvalue weighted by Gasteiger charge is 2.14. The Labute approximate surface area is 121 Å². The minimum Gasteiger partial charge on any atom is -0.481 e. The first-order valence-electron chi connectivity index (χ1n) is 6.68. The fourth-order valence-electron chi connectivity index (χ4n) is 1.82. The molecule has 8 nitrogen and oxygen atoms in total. The summed E-state index contributed by atoms with van der Waals surface area (Å²) in [4.78, 5) is 30.7. The Bertz CT molecular complexity index is 667. The first-order valence-corrected chi connectivity index (χ1v) is 6.68. The van der Waals surface area contributed by atoms with E-state index in [1.54, 1.807) is 19.2 Å². The van der Waals surface area contributed by atoms with Gasteiger partial charge in [-0.1, -0.05) is 6.92 Å². The molecule has 0 radical (unpaired) electrons. The topological polar surface area (TPSA) is 109 Å². The lowest BCUT2D eigenvalue weighted by Crippen LogP contribution is -2.26. The first-order chi connectivity index (χ1) is 9.99. The van der Waals surface area contributed by atoms with E-state index in [-0.39, 0.29) is 11.7 Å². The second-order valence-corrected chi connectivity index (χ2v) is 4.87. The second kappa shape index (κ2) is 6.29. The van der Waals surface area contributed by atoms with Crippen molar-refractivity contribution in [3.8, 4) is 0 Å². The van der Waals surface area contributed by atoms with E-state index in [1.165, 1.54) is 4.52 Å². The molecule has 2 aromatic heterocycles. The van der Waals surface area contributed by atoms with E-state index in [4.69, 9.17) is 5.11 Å². The highest BCUT2D eigenvalue weighted by atomic mass is 16.4. The van der Waals surface area contributed by atoms with Gasteiger partial charge in [0.05, 0.1) is 5.92 Å². The number of rotatable bonds is 6. The predicted octanol–water partition coefficient (Wildman–Crippen LogP) is 0.663. The minimum atomic E-state index is -0.829. The number of aromatic nitrogens is 4. The van der Waals surface area contributed by atoms with E-state index in [9.17, 15) is 9.59 Å². The van der Waals surface area contributed by atoms with E-state index in [0.717, 1.165) is 5.69 Å². The van der Waals surface area contributed by atoms with Crippen molar-refractivity contribution in [2.45, 2.75) is 26.7 Å². The third kappa shape index (κ3) is 3.53. The van der Waals surface area contributed by atoms with Crippen molar-refractivity contribution in [2.75, 3.05) is 6.54 Å². The average Bonchev–Trinajstić information content (AvgIpc) is 2.88. The number of carbonyl (C=O) groups is 2. The third-order valence-electron chi connectivity index (χ3n) is 3.15. The molecule has 2 aromatic rings. The Hall–Kier alpha value is -2.51. The Kier molecular flexibility index (Phi) is 4.46. The fourth-order valence-corrected chi connectivity index (χ4v) is 1.82. The van der Waals surface area contributed by atoms with Gasteiger partial charge in [0.1, 0.15) is 0 Å². The first kappa shape index (κ1) is 14.9. The van der Waals surface area contributed by atoms with Crippen LogP contribution in [0.1, 0.15) is 36.1 Å². The van der Waals surface area contributed by atoms with Crippen molar-refractivity contribution in [3.05, 3.63) is 23.8 Å². The number of aryl methyl sites for hydroxylation is 1. The van der Waals surface area contributed by atoms with Gasteiger partial charge in [-0.15, -0.1) is 5.10 Å². The van der Waals surface area contributed by atoms with Crippen LogP contribution in [0.5, 0.6) is 0 Å². The lowest BCUT2D eigenvalue weighted by molar-refractivity contribution is -0.141. The van der Waals surface area contributed by atoms with E-state index >= 15 is 0 Å². The largest absolute Gasteiger partial charge is 0.481 e. The van der Waals surface area contributed by atoms with E-state index in [1.807, 2.05) is 6.92 Å². The van der Waals surface area contributed by atoms with Gasteiger partial charge >= 0.3 is 5.97 Å². The van der Waals surface area contributed by atoms with Crippen molar-refractivity contribution in [1.82, 2.24) is 24.9 Å². The smallest absolute Gasteiger partial charge is 0.306 e. The quantitative estimate of drug-likeness (QED) is 0.757. The molecule has 0 saturated carbocycles. The van der Waals surface area contributed by atoms with Crippen LogP contribution in [-0.4, -0.2) is 43.1 Å². The highest BCUT2D eigenvalue weighted by molar-refractivity contribution is 5.90. The van der Waals surface area contributed by atoms with E-state index < -0.39 is 11.9 Å². The number of aliphatic carboxylic acids is 1. The molecule has 2 heterocycles. The maximum Gasteiger partial charge on any atom is 0.306 e. The standard InChI is InChI=1S/C13H17N5O3/c1-8(12(20)21)4-3-6-14-11(19)10-16-13-15-7-5-9(2)18(13)17-10/h5,7-8H,3-4,6H2,1-2H3,(H,14,19)(H,20,21). The Morgan fingerprint density at radius 2 is 2.24 bits per heavy atom. The van der Waals surface area contributed by atoms with Gasteiger partial charge in [0.2, 0.25) is 5.82 Å². The van der Waals surface area contributed by atoms with Crippen LogP contribution in [0, 0.1) is 12.8 Å². The predicted molar refractivity (Wildman–Crippen MR) is 73.9 cm³/mol. The Balaban J connectivity index is 1.91. The van der Waals surface area contributed by atoms with Crippen LogP contribution in [0.2, 0.25) is 0 Å². The molecule has 0 bridgehead atoms. The van der Waals surface area contributed by atoms with Gasteiger partial charge in [0.25, 0.3) is 11.7 Å². The molecule has 0 aliphatic carbocycles. The molecular formula is C13H17N5O3. The fraction of sp³-hybridized carbons (Fsp3) is 0.462. The summed E-state index contributed by atoms with van der Waals surface area (Å²) in [6.07, 6.45) is 2.70. The maximum absolute atomic E-state index is 11.9. The molecule has 2 rings (SSSR count). The molecule has 0 aliphatic heterocycles.